The molecule has 0 radical (unpaired) electrons. The summed E-state index contributed by atoms with van der Waals surface area (Å²) in [6.07, 6.45) is 1.17. The summed E-state index contributed by atoms with van der Waals surface area (Å²) in [4.78, 5) is 12.6. The summed E-state index contributed by atoms with van der Waals surface area (Å²) in [6, 6.07) is 20.9. The molecule has 0 atom stereocenters. The van der Waals surface area contributed by atoms with Crippen LogP contribution in [0.15, 0.2) is 88.9 Å². The van der Waals surface area contributed by atoms with Gasteiger partial charge in [0.25, 0.3) is 15.9 Å². The van der Waals surface area contributed by atoms with Gasteiger partial charge < -0.3 is 0 Å². The summed E-state index contributed by atoms with van der Waals surface area (Å²) in [5.41, 5.74) is 3.87. The number of hydrazone groups is 1. The number of nitrogens with zero attached hydrogens (tertiary/aromatic N) is 2. The number of hydrogen-bond donors (Lipinski definition) is 1. The Labute approximate surface area is 187 Å². The summed E-state index contributed by atoms with van der Waals surface area (Å²) in [5.74, 6) is -0.867. The van der Waals surface area contributed by atoms with Gasteiger partial charge in [-0.1, -0.05) is 62.4 Å². The third kappa shape index (κ3) is 5.59. The summed E-state index contributed by atoms with van der Waals surface area (Å²) < 4.78 is 41.3. The number of rotatable bonds is 8. The molecule has 32 heavy (non-hydrogen) atoms. The summed E-state index contributed by atoms with van der Waals surface area (Å²) >= 11 is 0. The first-order chi connectivity index (χ1) is 15.3. The third-order valence-electron chi connectivity index (χ3n) is 4.76. The van der Waals surface area contributed by atoms with E-state index in [1.807, 2.05) is 26.0 Å². The van der Waals surface area contributed by atoms with Crippen molar-refractivity contribution in [3.63, 3.8) is 0 Å². The second kappa shape index (κ2) is 10.2. The Bertz CT molecular complexity index is 1190. The van der Waals surface area contributed by atoms with Crippen LogP contribution in [0.5, 0.6) is 0 Å². The third-order valence-corrected chi connectivity index (χ3v) is 6.55. The van der Waals surface area contributed by atoms with Gasteiger partial charge in [-0.2, -0.15) is 5.10 Å². The second-order valence-corrected chi connectivity index (χ2v) is 9.25. The van der Waals surface area contributed by atoms with Crippen molar-refractivity contribution < 1.29 is 17.6 Å². The molecule has 1 amide bonds. The zero-order chi connectivity index (χ0) is 23.1. The van der Waals surface area contributed by atoms with E-state index in [2.05, 4.69) is 10.5 Å². The number of amides is 1. The lowest BCUT2D eigenvalue weighted by Crippen LogP contribution is -2.39. The summed E-state index contributed by atoms with van der Waals surface area (Å²) in [5, 5.41) is 3.76. The fourth-order valence-corrected chi connectivity index (χ4v) is 4.42. The number of nitrogens with one attached hydrogen (secondary N) is 1. The van der Waals surface area contributed by atoms with Gasteiger partial charge in [0.15, 0.2) is 0 Å². The highest BCUT2D eigenvalue weighted by Gasteiger charge is 2.27. The van der Waals surface area contributed by atoms with Crippen molar-refractivity contribution in [2.75, 3.05) is 10.8 Å². The lowest BCUT2D eigenvalue weighted by molar-refractivity contribution is -0.119. The predicted molar refractivity (Wildman–Crippen MR) is 124 cm³/mol. The minimum Gasteiger partial charge on any atom is -0.271 e. The van der Waals surface area contributed by atoms with Crippen molar-refractivity contribution in [1.29, 1.82) is 0 Å². The molecule has 3 aromatic carbocycles. The number of hydrogen-bond acceptors (Lipinski definition) is 4. The van der Waals surface area contributed by atoms with Crippen molar-refractivity contribution in [2.24, 2.45) is 5.10 Å². The molecule has 166 valence electrons. The average molecular weight is 454 g/mol. The maximum Gasteiger partial charge on any atom is 0.264 e. The number of halogens is 1. The maximum atomic E-state index is 13.7. The standard InChI is InChI=1S/C24H24FN3O3S/c1-18(2)19-12-14-21(15-13-19)28(32(30,31)22-9-4-3-5-10-22)17-24(29)27-26-16-20-8-6-7-11-23(20)25/h3-16,18H,17H2,1-2H3,(H,27,29)/b26-16-. The molecule has 0 aliphatic carbocycles. The van der Waals surface area contributed by atoms with E-state index in [1.54, 1.807) is 42.5 Å². The number of anilines is 1. The molecule has 0 saturated carbocycles. The van der Waals surface area contributed by atoms with E-state index in [0.29, 0.717) is 5.69 Å². The van der Waals surface area contributed by atoms with Gasteiger partial charge in [-0.15, -0.1) is 0 Å². The van der Waals surface area contributed by atoms with Crippen LogP contribution in [0.2, 0.25) is 0 Å². The molecule has 0 heterocycles. The van der Waals surface area contributed by atoms with E-state index < -0.39 is 28.3 Å². The normalized spacial score (nSPS) is 11.6. The van der Waals surface area contributed by atoms with Crippen molar-refractivity contribution in [2.45, 2.75) is 24.7 Å². The highest BCUT2D eigenvalue weighted by atomic mass is 32.2. The van der Waals surface area contributed by atoms with E-state index in [4.69, 9.17) is 0 Å². The van der Waals surface area contributed by atoms with E-state index in [-0.39, 0.29) is 16.4 Å². The zero-order valence-electron chi connectivity index (χ0n) is 17.8. The number of carbonyl (C=O) groups excluding carboxylic acids is 1. The largest absolute Gasteiger partial charge is 0.271 e. The smallest absolute Gasteiger partial charge is 0.264 e. The van der Waals surface area contributed by atoms with Gasteiger partial charge in [0.05, 0.1) is 16.8 Å². The molecular formula is C24H24FN3O3S. The van der Waals surface area contributed by atoms with Gasteiger partial charge in [0.1, 0.15) is 12.4 Å². The van der Waals surface area contributed by atoms with Gasteiger partial charge in [0.2, 0.25) is 0 Å². The minimum absolute atomic E-state index is 0.0654. The van der Waals surface area contributed by atoms with E-state index >= 15 is 0 Å². The maximum absolute atomic E-state index is 13.7. The molecule has 0 spiro atoms. The van der Waals surface area contributed by atoms with Crippen molar-refractivity contribution in [3.8, 4) is 0 Å². The zero-order valence-corrected chi connectivity index (χ0v) is 18.6. The van der Waals surface area contributed by atoms with Crippen LogP contribution in [-0.4, -0.2) is 27.1 Å². The molecule has 0 fully saturated rings. The summed E-state index contributed by atoms with van der Waals surface area (Å²) in [7, 11) is -4.01. The van der Waals surface area contributed by atoms with Crippen LogP contribution in [0, 0.1) is 5.82 Å². The molecular weight excluding hydrogens is 429 g/mol. The number of sulfonamides is 1. The van der Waals surface area contributed by atoms with Gasteiger partial charge in [-0.25, -0.2) is 18.2 Å². The Balaban J connectivity index is 1.85. The Morgan fingerprint density at radius 3 is 2.25 bits per heavy atom. The molecule has 0 aromatic heterocycles. The summed E-state index contributed by atoms with van der Waals surface area (Å²) in [6.45, 7) is 3.58. The first-order valence-corrected chi connectivity index (χ1v) is 11.5. The average Bonchev–Trinajstić information content (AvgIpc) is 2.79. The highest BCUT2D eigenvalue weighted by molar-refractivity contribution is 7.92. The first kappa shape index (κ1) is 23.1. The molecule has 0 saturated heterocycles. The van der Waals surface area contributed by atoms with E-state index in [9.17, 15) is 17.6 Å². The number of benzene rings is 3. The van der Waals surface area contributed by atoms with Gasteiger partial charge >= 0.3 is 0 Å². The number of carbonyl (C=O) groups is 1. The Morgan fingerprint density at radius 1 is 1.00 bits per heavy atom. The Kier molecular flexibility index (Phi) is 7.37. The molecule has 3 aromatic rings. The predicted octanol–water partition coefficient (Wildman–Crippen LogP) is 4.29. The molecule has 0 unspecified atom stereocenters. The minimum atomic E-state index is -4.01. The molecule has 3 rings (SSSR count). The lowest BCUT2D eigenvalue weighted by Gasteiger charge is -2.24. The molecule has 0 aliphatic rings. The molecule has 6 nitrogen and oxygen atoms in total. The van der Waals surface area contributed by atoms with Crippen molar-refractivity contribution >= 4 is 27.8 Å². The fraction of sp³-hybridized carbons (Fsp3) is 0.167. The molecule has 0 aliphatic heterocycles. The van der Waals surface area contributed by atoms with Gasteiger partial charge in [-0.05, 0) is 41.8 Å². The van der Waals surface area contributed by atoms with Crippen molar-refractivity contribution in [1.82, 2.24) is 5.43 Å². The van der Waals surface area contributed by atoms with Gasteiger partial charge in [0, 0.05) is 5.56 Å². The van der Waals surface area contributed by atoms with Crippen LogP contribution < -0.4 is 9.73 Å². The van der Waals surface area contributed by atoms with Crippen LogP contribution in [0.4, 0.5) is 10.1 Å². The molecule has 1 N–H and O–H groups in total. The van der Waals surface area contributed by atoms with E-state index in [1.165, 1.54) is 30.5 Å². The quantitative estimate of drug-likeness (QED) is 0.408. The van der Waals surface area contributed by atoms with Crippen molar-refractivity contribution in [3.05, 3.63) is 95.8 Å². The monoisotopic (exact) mass is 453 g/mol. The second-order valence-electron chi connectivity index (χ2n) is 7.39. The van der Waals surface area contributed by atoms with E-state index in [0.717, 1.165) is 9.87 Å². The lowest BCUT2D eigenvalue weighted by atomic mass is 10.0. The van der Waals surface area contributed by atoms with Crippen LogP contribution in [-0.2, 0) is 14.8 Å². The first-order valence-electron chi connectivity index (χ1n) is 10.0. The fourth-order valence-electron chi connectivity index (χ4n) is 2.98. The molecule has 0 bridgehead atoms. The molecule has 8 heteroatoms. The highest BCUT2D eigenvalue weighted by Crippen LogP contribution is 2.25. The SMILES string of the molecule is CC(C)c1ccc(N(CC(=O)N/N=C\c2ccccc2F)S(=O)(=O)c2ccccc2)cc1. The topological polar surface area (TPSA) is 78.8 Å². The Morgan fingerprint density at radius 2 is 1.62 bits per heavy atom. The van der Waals surface area contributed by atoms with Gasteiger partial charge in [-0.3, -0.25) is 9.10 Å². The van der Waals surface area contributed by atoms with Crippen LogP contribution in [0.1, 0.15) is 30.9 Å². The Hall–Kier alpha value is -3.52. The van der Waals surface area contributed by atoms with Crippen LogP contribution >= 0.6 is 0 Å². The van der Waals surface area contributed by atoms with Crippen LogP contribution in [0.3, 0.4) is 0 Å². The van der Waals surface area contributed by atoms with Crippen LogP contribution in [0.25, 0.3) is 0 Å².